The summed E-state index contributed by atoms with van der Waals surface area (Å²) in [5.74, 6) is 0.217. The van der Waals surface area contributed by atoms with Gasteiger partial charge in [0.15, 0.2) is 5.65 Å². The summed E-state index contributed by atoms with van der Waals surface area (Å²) >= 11 is 0. The van der Waals surface area contributed by atoms with Crippen LogP contribution in [0.4, 0.5) is 15.4 Å². The van der Waals surface area contributed by atoms with Gasteiger partial charge in [-0.25, -0.2) is 14.6 Å². The molecule has 0 bridgehead atoms. The van der Waals surface area contributed by atoms with Crippen LogP contribution in [0.1, 0.15) is 72.9 Å². The monoisotopic (exact) mass is 541 g/mol. The number of fused-ring (bicyclic) bond motifs is 1. The number of aromatic nitrogens is 5. The second kappa shape index (κ2) is 10.5. The Bertz CT molecular complexity index is 1350. The Kier molecular flexibility index (Phi) is 7.61. The van der Waals surface area contributed by atoms with Crippen molar-refractivity contribution in [2.24, 2.45) is 7.05 Å². The van der Waals surface area contributed by atoms with E-state index in [9.17, 15) is 14.7 Å². The van der Waals surface area contributed by atoms with E-state index in [1.165, 1.54) is 0 Å². The number of rotatable bonds is 4. The van der Waals surface area contributed by atoms with E-state index in [2.05, 4.69) is 15.5 Å². The molecule has 212 valence electrons. The van der Waals surface area contributed by atoms with Crippen LogP contribution in [-0.4, -0.2) is 76.5 Å². The van der Waals surface area contributed by atoms with Crippen LogP contribution in [-0.2, 0) is 16.5 Å². The molecule has 1 aliphatic rings. The highest BCUT2D eigenvalue weighted by Crippen LogP contribution is 2.34. The fraction of sp³-hybridized carbons (Fsp3) is 0.593. The van der Waals surface area contributed by atoms with E-state index in [1.807, 2.05) is 34.0 Å². The smallest absolute Gasteiger partial charge is 0.413 e. The summed E-state index contributed by atoms with van der Waals surface area (Å²) in [6.07, 6.45) is 4.71. The van der Waals surface area contributed by atoms with E-state index in [1.54, 1.807) is 60.3 Å². The molecule has 1 fully saturated rings. The van der Waals surface area contributed by atoms with Crippen molar-refractivity contribution in [3.05, 3.63) is 30.4 Å². The minimum Gasteiger partial charge on any atom is -0.444 e. The maximum atomic E-state index is 13.1. The number of piperidine rings is 1. The van der Waals surface area contributed by atoms with Gasteiger partial charge in [-0.1, -0.05) is 0 Å². The summed E-state index contributed by atoms with van der Waals surface area (Å²) in [5, 5.41) is 22.0. The predicted molar refractivity (Wildman–Crippen MR) is 145 cm³/mol. The van der Waals surface area contributed by atoms with Crippen molar-refractivity contribution in [1.82, 2.24) is 29.3 Å². The highest BCUT2D eigenvalue weighted by atomic mass is 16.6. The first kappa shape index (κ1) is 28.3. The maximum absolute atomic E-state index is 13.1. The standard InChI is InChI=1S/C27H39N7O5/c1-16(35)21-10-9-17(15-33(21)25(37)39-27(5,6)7)20-11-22(31-24(36)38-26(2,3)4)34-23(30-20)19(13-29-34)18-12-28-32(8)14-18/h11-14,16-17,21,35H,9-10,15H2,1-8H3,(H,31,36)/t16?,17-,21-/m0/s1. The van der Waals surface area contributed by atoms with Gasteiger partial charge in [0.1, 0.15) is 17.0 Å². The van der Waals surface area contributed by atoms with E-state index in [-0.39, 0.29) is 12.0 Å². The summed E-state index contributed by atoms with van der Waals surface area (Å²) in [5.41, 5.74) is 1.43. The Balaban J connectivity index is 1.75. The van der Waals surface area contributed by atoms with Crippen molar-refractivity contribution in [2.45, 2.75) is 90.6 Å². The maximum Gasteiger partial charge on any atom is 0.413 e. The van der Waals surface area contributed by atoms with Crippen LogP contribution in [0.3, 0.4) is 0 Å². The third-order valence-electron chi connectivity index (χ3n) is 6.37. The molecule has 1 aliphatic heterocycles. The minimum atomic E-state index is -0.717. The molecular weight excluding hydrogens is 502 g/mol. The van der Waals surface area contributed by atoms with E-state index >= 15 is 0 Å². The number of hydrogen-bond acceptors (Lipinski definition) is 8. The molecule has 3 atom stereocenters. The van der Waals surface area contributed by atoms with Gasteiger partial charge in [0.05, 0.1) is 30.2 Å². The van der Waals surface area contributed by atoms with Crippen LogP contribution in [0.25, 0.3) is 16.8 Å². The van der Waals surface area contributed by atoms with Gasteiger partial charge in [0.2, 0.25) is 0 Å². The summed E-state index contributed by atoms with van der Waals surface area (Å²) in [4.78, 5) is 32.4. The van der Waals surface area contributed by atoms with Crippen LogP contribution in [0.15, 0.2) is 24.7 Å². The van der Waals surface area contributed by atoms with Gasteiger partial charge in [-0.3, -0.25) is 10.00 Å². The van der Waals surface area contributed by atoms with Crippen LogP contribution in [0.5, 0.6) is 0 Å². The van der Waals surface area contributed by atoms with Crippen molar-refractivity contribution in [1.29, 1.82) is 0 Å². The molecule has 0 aliphatic carbocycles. The number of aliphatic hydroxyl groups excluding tert-OH is 1. The first-order valence-electron chi connectivity index (χ1n) is 13.2. The van der Waals surface area contributed by atoms with Crippen molar-refractivity contribution < 1.29 is 24.2 Å². The molecule has 4 rings (SSSR count). The lowest BCUT2D eigenvalue weighted by molar-refractivity contribution is -0.0159. The Morgan fingerprint density at radius 1 is 1.08 bits per heavy atom. The third kappa shape index (κ3) is 6.67. The number of nitrogens with one attached hydrogen (secondary N) is 1. The lowest BCUT2D eigenvalue weighted by Gasteiger charge is -2.41. The zero-order chi connectivity index (χ0) is 28.7. The Hall–Kier alpha value is -3.67. The number of carbonyl (C=O) groups excluding carboxylic acids is 2. The fourth-order valence-electron chi connectivity index (χ4n) is 4.72. The zero-order valence-electron chi connectivity index (χ0n) is 23.9. The third-order valence-corrected chi connectivity index (χ3v) is 6.37. The predicted octanol–water partition coefficient (Wildman–Crippen LogP) is 4.34. The summed E-state index contributed by atoms with van der Waals surface area (Å²) < 4.78 is 14.4. The van der Waals surface area contributed by atoms with Crippen LogP contribution < -0.4 is 5.32 Å². The normalized spacial score (nSPS) is 19.2. The molecule has 1 unspecified atom stereocenters. The van der Waals surface area contributed by atoms with Crippen molar-refractivity contribution in [3.8, 4) is 11.1 Å². The number of anilines is 1. The van der Waals surface area contributed by atoms with Crippen LogP contribution >= 0.6 is 0 Å². The Morgan fingerprint density at radius 2 is 1.77 bits per heavy atom. The molecule has 0 aromatic carbocycles. The van der Waals surface area contributed by atoms with Crippen molar-refractivity contribution in [3.63, 3.8) is 0 Å². The van der Waals surface area contributed by atoms with Crippen molar-refractivity contribution >= 4 is 23.7 Å². The fourth-order valence-corrected chi connectivity index (χ4v) is 4.72. The number of amides is 2. The minimum absolute atomic E-state index is 0.173. The molecule has 2 N–H and O–H groups in total. The average Bonchev–Trinajstić information content (AvgIpc) is 3.42. The number of ether oxygens (including phenoxy) is 2. The first-order valence-corrected chi connectivity index (χ1v) is 13.2. The largest absolute Gasteiger partial charge is 0.444 e. The molecule has 4 heterocycles. The molecule has 3 aromatic heterocycles. The van der Waals surface area contributed by atoms with Crippen LogP contribution in [0, 0.1) is 0 Å². The number of aliphatic hydroxyl groups is 1. The van der Waals surface area contributed by atoms with Gasteiger partial charge in [0, 0.05) is 42.9 Å². The van der Waals surface area contributed by atoms with Crippen LogP contribution in [0.2, 0.25) is 0 Å². The lowest BCUT2D eigenvalue weighted by Crippen LogP contribution is -2.52. The summed E-state index contributed by atoms with van der Waals surface area (Å²) in [7, 11) is 1.83. The quantitative estimate of drug-likeness (QED) is 0.498. The number of carbonyl (C=O) groups is 2. The average molecular weight is 542 g/mol. The molecule has 2 amide bonds. The SMILES string of the molecule is CC(O)[C@@H]1CC[C@H](c2cc(NC(=O)OC(C)(C)C)n3ncc(-c4cnn(C)c4)c3n2)CN1C(=O)OC(C)(C)C. The molecule has 3 aromatic rings. The second-order valence-corrected chi connectivity index (χ2v) is 12.1. The van der Waals surface area contributed by atoms with Gasteiger partial charge in [-0.2, -0.15) is 14.7 Å². The summed E-state index contributed by atoms with van der Waals surface area (Å²) in [6.45, 7) is 12.8. The van der Waals surface area contributed by atoms with Gasteiger partial charge in [-0.05, 0) is 61.3 Å². The van der Waals surface area contributed by atoms with Gasteiger partial charge in [0.25, 0.3) is 0 Å². The molecule has 0 spiro atoms. The summed E-state index contributed by atoms with van der Waals surface area (Å²) in [6, 6.07) is 1.39. The van der Waals surface area contributed by atoms with Crippen molar-refractivity contribution in [2.75, 3.05) is 11.9 Å². The Morgan fingerprint density at radius 3 is 2.36 bits per heavy atom. The Labute approximate surface area is 228 Å². The number of nitrogens with zero attached hydrogens (tertiary/aromatic N) is 6. The lowest BCUT2D eigenvalue weighted by atomic mass is 9.88. The molecule has 0 radical (unpaired) electrons. The molecule has 39 heavy (non-hydrogen) atoms. The van der Waals surface area contributed by atoms with Gasteiger partial charge in [-0.15, -0.1) is 0 Å². The zero-order valence-corrected chi connectivity index (χ0v) is 23.9. The molecule has 12 heteroatoms. The second-order valence-electron chi connectivity index (χ2n) is 12.1. The highest BCUT2D eigenvalue weighted by molar-refractivity contribution is 5.86. The highest BCUT2D eigenvalue weighted by Gasteiger charge is 2.38. The van der Waals surface area contributed by atoms with E-state index < -0.39 is 29.5 Å². The number of likely N-dealkylation sites (tertiary alicyclic amines) is 1. The number of aryl methyl sites for hydroxylation is 1. The van der Waals surface area contributed by atoms with Gasteiger partial charge < -0.3 is 19.5 Å². The topological polar surface area (TPSA) is 136 Å². The first-order chi connectivity index (χ1) is 18.1. The molecule has 0 saturated carbocycles. The van der Waals surface area contributed by atoms with Gasteiger partial charge >= 0.3 is 12.2 Å². The molecule has 12 nitrogen and oxygen atoms in total. The van der Waals surface area contributed by atoms with E-state index in [0.717, 1.165) is 11.1 Å². The molecule has 1 saturated heterocycles. The molecular formula is C27H39N7O5. The number of hydrogen-bond donors (Lipinski definition) is 2. The van der Waals surface area contributed by atoms with E-state index in [4.69, 9.17) is 14.5 Å². The van der Waals surface area contributed by atoms with E-state index in [0.29, 0.717) is 36.5 Å².